The van der Waals surface area contributed by atoms with Crippen molar-refractivity contribution < 1.29 is 4.42 Å². The van der Waals surface area contributed by atoms with Crippen molar-refractivity contribution in [1.82, 2.24) is 14.3 Å². The largest absolute Gasteiger partial charge is 0.441 e. The quantitative estimate of drug-likeness (QED) is 0.515. The molecule has 0 amide bonds. The molecule has 0 spiro atoms. The van der Waals surface area contributed by atoms with Crippen molar-refractivity contribution in [3.05, 3.63) is 81.4 Å². The van der Waals surface area contributed by atoms with E-state index in [2.05, 4.69) is 4.98 Å². The summed E-state index contributed by atoms with van der Waals surface area (Å²) in [5.41, 5.74) is 3.42. The number of aryl methyl sites for hydroxylation is 1. The lowest BCUT2D eigenvalue weighted by atomic mass is 10.1. The lowest BCUT2D eigenvalue weighted by Crippen LogP contribution is -2.20. The van der Waals surface area contributed by atoms with E-state index in [9.17, 15) is 4.79 Å². The molecule has 0 saturated carbocycles. The highest BCUT2D eigenvalue weighted by molar-refractivity contribution is 6.30. The van der Waals surface area contributed by atoms with Crippen LogP contribution in [0.2, 0.25) is 5.02 Å². The van der Waals surface area contributed by atoms with Gasteiger partial charge in [0.2, 0.25) is 5.89 Å². The van der Waals surface area contributed by atoms with Gasteiger partial charge in [-0.05, 0) is 50.2 Å². The molecule has 0 fully saturated rings. The second-order valence-corrected chi connectivity index (χ2v) is 6.80. The van der Waals surface area contributed by atoms with Crippen molar-refractivity contribution in [2.75, 3.05) is 0 Å². The van der Waals surface area contributed by atoms with Gasteiger partial charge in [-0.2, -0.15) is 0 Å². The minimum absolute atomic E-state index is 0.125. The monoisotopic (exact) mass is 379 g/mol. The molecule has 2 aromatic heterocycles. The Kier molecular flexibility index (Phi) is 4.24. The Morgan fingerprint density at radius 2 is 1.67 bits per heavy atom. The van der Waals surface area contributed by atoms with Gasteiger partial charge >= 0.3 is 0 Å². The average molecular weight is 380 g/mol. The van der Waals surface area contributed by atoms with Gasteiger partial charge in [-0.25, -0.2) is 9.67 Å². The molecule has 0 bridgehead atoms. The fraction of sp³-hybridized carbons (Fsp3) is 0.143. The standard InChI is InChI=1S/C21H18ClN3O2/c1-13-18(21(26)25(24(13)3)17-7-5-4-6-8-17)19-14(2)27-20(23-19)15-9-11-16(22)12-10-15/h4-12H,1-3H3. The molecule has 4 aromatic rings. The fourth-order valence-corrected chi connectivity index (χ4v) is 3.31. The van der Waals surface area contributed by atoms with Crippen LogP contribution in [-0.2, 0) is 7.05 Å². The fourth-order valence-electron chi connectivity index (χ4n) is 3.19. The van der Waals surface area contributed by atoms with Crippen LogP contribution in [0.25, 0.3) is 28.4 Å². The highest BCUT2D eigenvalue weighted by Gasteiger charge is 2.23. The predicted molar refractivity (Wildman–Crippen MR) is 106 cm³/mol. The molecule has 2 heterocycles. The molecule has 5 nitrogen and oxygen atoms in total. The normalized spacial score (nSPS) is 11.1. The van der Waals surface area contributed by atoms with Crippen LogP contribution in [-0.4, -0.2) is 14.3 Å². The van der Waals surface area contributed by atoms with Crippen molar-refractivity contribution >= 4 is 11.6 Å². The predicted octanol–water partition coefficient (Wildman–Crippen LogP) is 4.77. The Hall–Kier alpha value is -3.05. The average Bonchev–Trinajstić information content (AvgIpc) is 3.14. The first-order valence-corrected chi connectivity index (χ1v) is 8.93. The van der Waals surface area contributed by atoms with Crippen LogP contribution in [0.1, 0.15) is 11.5 Å². The van der Waals surface area contributed by atoms with E-state index in [4.69, 9.17) is 16.0 Å². The number of hydrogen-bond acceptors (Lipinski definition) is 3. The molecule has 4 rings (SSSR count). The number of benzene rings is 2. The maximum atomic E-state index is 13.2. The minimum Gasteiger partial charge on any atom is -0.441 e. The van der Waals surface area contributed by atoms with Crippen molar-refractivity contribution in [2.45, 2.75) is 13.8 Å². The van der Waals surface area contributed by atoms with E-state index in [1.165, 1.54) is 0 Å². The molecule has 2 aromatic carbocycles. The number of nitrogens with zero attached hydrogens (tertiary/aromatic N) is 3. The summed E-state index contributed by atoms with van der Waals surface area (Å²) < 4.78 is 9.32. The summed E-state index contributed by atoms with van der Waals surface area (Å²) in [7, 11) is 1.86. The Labute approximate surface area is 161 Å². The van der Waals surface area contributed by atoms with Gasteiger partial charge in [-0.1, -0.05) is 29.8 Å². The third kappa shape index (κ3) is 2.90. The van der Waals surface area contributed by atoms with Crippen molar-refractivity contribution in [3.63, 3.8) is 0 Å². The number of para-hydroxylation sites is 1. The Morgan fingerprint density at radius 1 is 1.00 bits per heavy atom. The van der Waals surface area contributed by atoms with Gasteiger partial charge in [-0.15, -0.1) is 0 Å². The molecule has 0 unspecified atom stereocenters. The molecule has 0 saturated heterocycles. The summed E-state index contributed by atoms with van der Waals surface area (Å²) in [6.45, 7) is 3.73. The van der Waals surface area contributed by atoms with Crippen LogP contribution in [0.15, 0.2) is 63.8 Å². The third-order valence-corrected chi connectivity index (χ3v) is 4.93. The number of oxazole rings is 1. The first-order valence-electron chi connectivity index (χ1n) is 8.55. The zero-order valence-electron chi connectivity index (χ0n) is 15.2. The first kappa shape index (κ1) is 17.4. The molecule has 0 radical (unpaired) electrons. The summed E-state index contributed by atoms with van der Waals surface area (Å²) in [5, 5.41) is 0.645. The number of halogens is 1. The highest BCUT2D eigenvalue weighted by atomic mass is 35.5. The van der Waals surface area contributed by atoms with Crippen LogP contribution < -0.4 is 5.56 Å². The highest BCUT2D eigenvalue weighted by Crippen LogP contribution is 2.29. The molecule has 27 heavy (non-hydrogen) atoms. The summed E-state index contributed by atoms with van der Waals surface area (Å²) in [4.78, 5) is 17.8. The maximum absolute atomic E-state index is 13.2. The van der Waals surface area contributed by atoms with Crippen molar-refractivity contribution in [3.8, 4) is 28.4 Å². The van der Waals surface area contributed by atoms with Gasteiger partial charge in [-0.3, -0.25) is 9.48 Å². The maximum Gasteiger partial charge on any atom is 0.281 e. The van der Waals surface area contributed by atoms with Gasteiger partial charge in [0.15, 0.2) is 0 Å². The van der Waals surface area contributed by atoms with Crippen molar-refractivity contribution in [2.24, 2.45) is 7.05 Å². The zero-order valence-corrected chi connectivity index (χ0v) is 16.0. The van der Waals surface area contributed by atoms with Crippen LogP contribution in [0.5, 0.6) is 0 Å². The zero-order chi connectivity index (χ0) is 19.1. The minimum atomic E-state index is -0.125. The van der Waals surface area contributed by atoms with E-state index in [1.54, 1.807) is 16.8 Å². The van der Waals surface area contributed by atoms with E-state index in [-0.39, 0.29) is 5.56 Å². The Morgan fingerprint density at radius 3 is 2.33 bits per heavy atom. The lowest BCUT2D eigenvalue weighted by Gasteiger charge is -2.07. The molecule has 136 valence electrons. The Bertz CT molecular complexity index is 1170. The molecular formula is C21H18ClN3O2. The van der Waals surface area contributed by atoms with E-state index < -0.39 is 0 Å². The molecular weight excluding hydrogens is 362 g/mol. The van der Waals surface area contributed by atoms with E-state index >= 15 is 0 Å². The Balaban J connectivity index is 1.88. The van der Waals surface area contributed by atoms with Gasteiger partial charge in [0.05, 0.1) is 11.3 Å². The first-order chi connectivity index (χ1) is 13.0. The van der Waals surface area contributed by atoms with Crippen LogP contribution in [0.4, 0.5) is 0 Å². The lowest BCUT2D eigenvalue weighted by molar-refractivity contribution is 0.543. The summed E-state index contributed by atoms with van der Waals surface area (Å²) in [6, 6.07) is 16.8. The second-order valence-electron chi connectivity index (χ2n) is 6.37. The molecule has 0 atom stereocenters. The third-order valence-electron chi connectivity index (χ3n) is 4.68. The van der Waals surface area contributed by atoms with Crippen LogP contribution >= 0.6 is 11.6 Å². The molecule has 0 N–H and O–H groups in total. The second kappa shape index (κ2) is 6.59. The topological polar surface area (TPSA) is 53.0 Å². The van der Waals surface area contributed by atoms with E-state index in [0.717, 1.165) is 16.9 Å². The van der Waals surface area contributed by atoms with Crippen LogP contribution in [0.3, 0.4) is 0 Å². The number of aromatic nitrogens is 3. The number of rotatable bonds is 3. The molecule has 6 heteroatoms. The van der Waals surface area contributed by atoms with E-state index in [1.807, 2.05) is 68.0 Å². The summed E-state index contributed by atoms with van der Waals surface area (Å²) in [6.07, 6.45) is 0. The summed E-state index contributed by atoms with van der Waals surface area (Å²) in [5.74, 6) is 1.07. The van der Waals surface area contributed by atoms with Gasteiger partial charge in [0.1, 0.15) is 11.5 Å². The van der Waals surface area contributed by atoms with Gasteiger partial charge in [0, 0.05) is 23.3 Å². The van der Waals surface area contributed by atoms with Crippen LogP contribution in [0, 0.1) is 13.8 Å². The molecule has 0 aliphatic carbocycles. The van der Waals surface area contributed by atoms with Crippen molar-refractivity contribution in [1.29, 1.82) is 0 Å². The molecule has 0 aliphatic rings. The SMILES string of the molecule is Cc1oc(-c2ccc(Cl)cc2)nc1-c1c(C)n(C)n(-c2ccccc2)c1=O. The van der Waals surface area contributed by atoms with E-state index in [0.29, 0.717) is 27.9 Å². The summed E-state index contributed by atoms with van der Waals surface area (Å²) >= 11 is 5.95. The molecule has 0 aliphatic heterocycles. The number of hydrogen-bond donors (Lipinski definition) is 0. The smallest absolute Gasteiger partial charge is 0.281 e. The van der Waals surface area contributed by atoms with Gasteiger partial charge in [0.25, 0.3) is 5.56 Å². The van der Waals surface area contributed by atoms with Gasteiger partial charge < -0.3 is 4.42 Å².